The predicted molar refractivity (Wildman–Crippen MR) is 155 cm³/mol. The van der Waals surface area contributed by atoms with Crippen LogP contribution in [0.4, 0.5) is 22.2 Å². The summed E-state index contributed by atoms with van der Waals surface area (Å²) in [6, 6.07) is 19.3. The first kappa shape index (κ1) is 28.7. The highest BCUT2D eigenvalue weighted by Crippen LogP contribution is 2.35. The molecular weight excluding hydrogens is 554 g/mol. The lowest BCUT2D eigenvalue weighted by molar-refractivity contribution is -0.140. The van der Waals surface area contributed by atoms with E-state index in [9.17, 15) is 14.4 Å². The second-order valence-corrected chi connectivity index (χ2v) is 9.91. The highest BCUT2D eigenvalue weighted by Gasteiger charge is 2.16. The Balaban J connectivity index is 1.67. The van der Waals surface area contributed by atoms with Crippen molar-refractivity contribution in [3.63, 3.8) is 0 Å². The van der Waals surface area contributed by atoms with Gasteiger partial charge in [0.1, 0.15) is 5.69 Å². The highest BCUT2D eigenvalue weighted by molar-refractivity contribution is 7.21. The van der Waals surface area contributed by atoms with E-state index in [1.165, 1.54) is 25.6 Å². The second kappa shape index (κ2) is 13.6. The van der Waals surface area contributed by atoms with Crippen LogP contribution in [0.5, 0.6) is 0 Å². The minimum atomic E-state index is -0.386. The smallest absolute Gasteiger partial charge is 0.307 e. The number of benzene rings is 3. The summed E-state index contributed by atoms with van der Waals surface area (Å²) < 4.78 is 10.4. The molecule has 1 N–H and O–H groups in total. The van der Waals surface area contributed by atoms with Gasteiger partial charge >= 0.3 is 11.9 Å². The number of thiazole rings is 1. The quantitative estimate of drug-likeness (QED) is 0.158. The molecule has 4 rings (SSSR count). The lowest BCUT2D eigenvalue weighted by Gasteiger charge is -2.25. The Morgan fingerprint density at radius 2 is 1.62 bits per heavy atom. The van der Waals surface area contributed by atoms with Crippen LogP contribution in [0.3, 0.4) is 0 Å². The van der Waals surface area contributed by atoms with Crippen molar-refractivity contribution in [2.75, 3.05) is 37.5 Å². The van der Waals surface area contributed by atoms with Crippen LogP contribution in [0.25, 0.3) is 10.2 Å². The zero-order chi connectivity index (χ0) is 28.5. The van der Waals surface area contributed by atoms with E-state index in [0.29, 0.717) is 32.8 Å². The van der Waals surface area contributed by atoms with E-state index in [0.717, 1.165) is 10.2 Å². The fraction of sp³-hybridized carbons (Fsp3) is 0.214. The minimum Gasteiger partial charge on any atom is -0.469 e. The van der Waals surface area contributed by atoms with Crippen LogP contribution in [0.15, 0.2) is 77.0 Å². The topological polar surface area (TPSA) is 123 Å². The molecule has 0 radical (unpaired) electrons. The third-order valence-corrected chi connectivity index (χ3v) is 6.98. The van der Waals surface area contributed by atoms with Crippen molar-refractivity contribution in [1.82, 2.24) is 4.98 Å². The summed E-state index contributed by atoms with van der Waals surface area (Å²) in [6.45, 7) is 0.565. The molecule has 1 amide bonds. The van der Waals surface area contributed by atoms with Crippen molar-refractivity contribution in [2.45, 2.75) is 12.8 Å². The van der Waals surface area contributed by atoms with Crippen molar-refractivity contribution < 1.29 is 23.9 Å². The lowest BCUT2D eigenvalue weighted by atomic mass is 10.1. The van der Waals surface area contributed by atoms with Gasteiger partial charge in [0.2, 0.25) is 5.13 Å². The highest BCUT2D eigenvalue weighted by atomic mass is 35.5. The Bertz CT molecular complexity index is 1520. The van der Waals surface area contributed by atoms with Crippen molar-refractivity contribution >= 4 is 73.2 Å². The monoisotopic (exact) mass is 579 g/mol. The molecular formula is C28H26ClN5O5S. The maximum Gasteiger partial charge on any atom is 0.307 e. The fourth-order valence-corrected chi connectivity index (χ4v) is 4.81. The van der Waals surface area contributed by atoms with Crippen molar-refractivity contribution in [2.24, 2.45) is 10.2 Å². The van der Waals surface area contributed by atoms with Crippen molar-refractivity contribution in [3.05, 3.63) is 77.3 Å². The molecule has 10 nitrogen and oxygen atoms in total. The van der Waals surface area contributed by atoms with Crippen LogP contribution in [0.1, 0.15) is 23.2 Å². The van der Waals surface area contributed by atoms with Gasteiger partial charge in [0.15, 0.2) is 0 Å². The molecule has 0 unspecified atom stereocenters. The SMILES string of the molecule is COC(=O)CCN(CCC(=O)OC)c1ccc(N=Nc2nc3ccc(Cl)cc3s2)c(NC(=O)c2ccccc2)c1. The molecule has 0 aliphatic rings. The first-order valence-corrected chi connectivity index (χ1v) is 13.4. The van der Waals surface area contributed by atoms with E-state index in [1.807, 2.05) is 23.1 Å². The van der Waals surface area contributed by atoms with Crippen LogP contribution in [0.2, 0.25) is 5.02 Å². The van der Waals surface area contributed by atoms with Crippen LogP contribution in [-0.2, 0) is 19.1 Å². The summed E-state index contributed by atoms with van der Waals surface area (Å²) in [5, 5.41) is 12.6. The van der Waals surface area contributed by atoms with E-state index < -0.39 is 0 Å². The molecule has 0 atom stereocenters. The molecule has 0 saturated carbocycles. The number of amides is 1. The Hall–Kier alpha value is -4.35. The largest absolute Gasteiger partial charge is 0.469 e. The number of esters is 2. The Morgan fingerprint density at radius 3 is 2.30 bits per heavy atom. The number of aromatic nitrogens is 1. The lowest BCUT2D eigenvalue weighted by Crippen LogP contribution is -2.29. The standard InChI is InChI=1S/C28H26ClN5O5S/c1-38-25(35)12-14-34(15-13-26(36)39-2)20-9-11-21(23(17-20)30-27(37)18-6-4-3-5-7-18)32-33-28-31-22-10-8-19(29)16-24(22)40-28/h3-11,16-17H,12-15H2,1-2H3,(H,30,37). The molecule has 1 heterocycles. The summed E-state index contributed by atoms with van der Waals surface area (Å²) >= 11 is 7.43. The molecule has 4 aromatic rings. The molecule has 0 aliphatic heterocycles. The van der Waals surface area contributed by atoms with E-state index in [1.54, 1.807) is 48.5 Å². The molecule has 3 aromatic carbocycles. The normalized spacial score (nSPS) is 11.0. The zero-order valence-electron chi connectivity index (χ0n) is 21.8. The van der Waals surface area contributed by atoms with E-state index >= 15 is 0 Å². The van der Waals surface area contributed by atoms with Crippen LogP contribution < -0.4 is 10.2 Å². The number of carbonyl (C=O) groups is 3. The number of rotatable bonds is 11. The van der Waals surface area contributed by atoms with Gasteiger partial charge in [-0.3, -0.25) is 14.4 Å². The summed E-state index contributed by atoms with van der Waals surface area (Å²) in [5.74, 6) is -1.11. The number of ether oxygens (including phenoxy) is 2. The summed E-state index contributed by atoms with van der Waals surface area (Å²) in [6.07, 6.45) is 0.207. The van der Waals surface area contributed by atoms with Crippen molar-refractivity contribution in [1.29, 1.82) is 0 Å². The first-order valence-electron chi connectivity index (χ1n) is 12.2. The Morgan fingerprint density at radius 1 is 0.925 bits per heavy atom. The summed E-state index contributed by atoms with van der Waals surface area (Å²) in [4.78, 5) is 43.0. The fourth-order valence-electron chi connectivity index (χ4n) is 3.74. The number of methoxy groups -OCH3 is 2. The molecule has 1 aromatic heterocycles. The number of anilines is 2. The zero-order valence-corrected chi connectivity index (χ0v) is 23.4. The van der Waals surface area contributed by atoms with Gasteiger partial charge < -0.3 is 19.7 Å². The van der Waals surface area contributed by atoms with Gasteiger partial charge in [-0.25, -0.2) is 4.98 Å². The van der Waals surface area contributed by atoms with Crippen LogP contribution in [-0.4, -0.2) is 50.1 Å². The second-order valence-electron chi connectivity index (χ2n) is 8.47. The molecule has 0 bridgehead atoms. The van der Waals surface area contributed by atoms with Gasteiger partial charge in [-0.15, -0.1) is 10.2 Å². The van der Waals surface area contributed by atoms with Crippen LogP contribution >= 0.6 is 22.9 Å². The number of nitrogens with one attached hydrogen (secondary N) is 1. The van der Waals surface area contributed by atoms with Gasteiger partial charge in [0.05, 0.1) is 43.0 Å². The molecule has 0 fully saturated rings. The molecule has 0 saturated heterocycles. The first-order chi connectivity index (χ1) is 19.4. The molecule has 0 spiro atoms. The average Bonchev–Trinajstić information content (AvgIpc) is 3.38. The average molecular weight is 580 g/mol. The van der Waals surface area contributed by atoms with E-state index in [-0.39, 0.29) is 43.8 Å². The summed E-state index contributed by atoms with van der Waals surface area (Å²) in [5.41, 5.74) is 2.66. The Kier molecular flexibility index (Phi) is 9.76. The number of azo groups is 1. The molecule has 206 valence electrons. The Labute approximate surface area is 239 Å². The molecule has 0 aliphatic carbocycles. The maximum atomic E-state index is 13.0. The van der Waals surface area contributed by atoms with Gasteiger partial charge in [-0.1, -0.05) is 41.1 Å². The number of nitrogens with zero attached hydrogens (tertiary/aromatic N) is 4. The third kappa shape index (κ3) is 7.61. The number of carbonyl (C=O) groups excluding carboxylic acids is 3. The van der Waals surface area contributed by atoms with Gasteiger partial charge in [0, 0.05) is 29.4 Å². The number of hydrogen-bond acceptors (Lipinski definition) is 10. The molecule has 12 heteroatoms. The van der Waals surface area contributed by atoms with Crippen molar-refractivity contribution in [3.8, 4) is 0 Å². The predicted octanol–water partition coefficient (Wildman–Crippen LogP) is 6.55. The maximum absolute atomic E-state index is 13.0. The summed E-state index contributed by atoms with van der Waals surface area (Å²) in [7, 11) is 2.64. The number of fused-ring (bicyclic) bond motifs is 1. The molecule has 40 heavy (non-hydrogen) atoms. The van der Waals surface area contributed by atoms with Gasteiger partial charge in [-0.05, 0) is 48.5 Å². The number of halogens is 1. The van der Waals surface area contributed by atoms with E-state index in [2.05, 4.69) is 20.5 Å². The van der Waals surface area contributed by atoms with Gasteiger partial charge in [0.25, 0.3) is 5.91 Å². The van der Waals surface area contributed by atoms with E-state index in [4.69, 9.17) is 21.1 Å². The third-order valence-electron chi connectivity index (χ3n) is 5.84. The minimum absolute atomic E-state index is 0.104. The number of hydrogen-bond donors (Lipinski definition) is 1. The van der Waals surface area contributed by atoms with Gasteiger partial charge in [-0.2, -0.15) is 0 Å². The van der Waals surface area contributed by atoms with Crippen LogP contribution in [0, 0.1) is 0 Å².